The number of carboxylic acid groups (broad SMARTS) is 3. The molecule has 12 N–H and O–H groups in total. The molecule has 0 heterocycles. The fourth-order valence-corrected chi connectivity index (χ4v) is 2.93. The minimum atomic E-state index is -1.68. The molecule has 0 aromatic heterocycles. The number of aliphatic imine (C=N–C) groups is 1. The lowest BCUT2D eigenvalue weighted by Gasteiger charge is -2.26. The molecule has 36 heavy (non-hydrogen) atoms. The molecule has 0 bridgehead atoms. The number of rotatable bonds is 17. The van der Waals surface area contributed by atoms with Gasteiger partial charge in [-0.15, -0.1) is 0 Å². The highest BCUT2D eigenvalue weighted by molar-refractivity contribution is 5.96. The summed E-state index contributed by atoms with van der Waals surface area (Å²) in [4.78, 5) is 75.2. The summed E-state index contributed by atoms with van der Waals surface area (Å²) in [5, 5.41) is 34.1. The third kappa shape index (κ3) is 12.5. The van der Waals surface area contributed by atoms with Crippen molar-refractivity contribution in [1.29, 1.82) is 0 Å². The quantitative estimate of drug-likeness (QED) is 0.0526. The van der Waals surface area contributed by atoms with Crippen molar-refractivity contribution in [2.24, 2.45) is 28.1 Å². The van der Waals surface area contributed by atoms with Gasteiger partial charge in [0.2, 0.25) is 17.7 Å². The topological polar surface area (TPSA) is 290 Å². The van der Waals surface area contributed by atoms with Crippen molar-refractivity contribution >= 4 is 41.6 Å². The highest BCUT2D eigenvalue weighted by Gasteiger charge is 2.33. The number of nitrogens with one attached hydrogen (secondary N) is 3. The standard InChI is InChI=1S/C20H35N7O9/c1-3-9(2)15(19(35)36)27-18(34)12(8-14(30)31)26-17(33)11(5-4-6-24-20(22)23)25-16(32)10(21)7-13(28)29/h9-12,15H,3-8,21H2,1-2H3,(H,25,32)(H,26,33)(H,27,34)(H,28,29)(H,30,31)(H,35,36)(H4,22,23,24). The number of carbonyl (C=O) groups is 6. The zero-order valence-corrected chi connectivity index (χ0v) is 20.1. The van der Waals surface area contributed by atoms with Gasteiger partial charge in [0.1, 0.15) is 18.1 Å². The smallest absolute Gasteiger partial charge is 0.326 e. The maximum absolute atomic E-state index is 12.9. The van der Waals surface area contributed by atoms with Crippen LogP contribution in [0.2, 0.25) is 0 Å². The molecule has 5 unspecified atom stereocenters. The van der Waals surface area contributed by atoms with Crippen LogP contribution < -0.4 is 33.2 Å². The second-order valence-electron chi connectivity index (χ2n) is 8.08. The number of amides is 3. The second-order valence-corrected chi connectivity index (χ2v) is 8.08. The van der Waals surface area contributed by atoms with Crippen LogP contribution in [0, 0.1) is 5.92 Å². The summed E-state index contributed by atoms with van der Waals surface area (Å²) in [7, 11) is 0. The van der Waals surface area contributed by atoms with Gasteiger partial charge in [-0.05, 0) is 18.8 Å². The van der Waals surface area contributed by atoms with Crippen LogP contribution in [-0.2, 0) is 28.8 Å². The van der Waals surface area contributed by atoms with Gasteiger partial charge >= 0.3 is 17.9 Å². The van der Waals surface area contributed by atoms with Crippen LogP contribution >= 0.6 is 0 Å². The van der Waals surface area contributed by atoms with Crippen molar-refractivity contribution in [3.63, 3.8) is 0 Å². The van der Waals surface area contributed by atoms with Crippen molar-refractivity contribution in [2.45, 2.75) is 70.1 Å². The molecule has 0 spiro atoms. The molecule has 0 aliphatic heterocycles. The Hall–Kier alpha value is -3.95. The van der Waals surface area contributed by atoms with Crippen molar-refractivity contribution in [3.8, 4) is 0 Å². The van der Waals surface area contributed by atoms with Crippen molar-refractivity contribution in [1.82, 2.24) is 16.0 Å². The number of aliphatic carboxylic acids is 3. The minimum absolute atomic E-state index is 0.0669. The largest absolute Gasteiger partial charge is 0.481 e. The van der Waals surface area contributed by atoms with E-state index in [0.29, 0.717) is 6.42 Å². The molecular weight excluding hydrogens is 482 g/mol. The first-order valence-corrected chi connectivity index (χ1v) is 11.1. The van der Waals surface area contributed by atoms with E-state index >= 15 is 0 Å². The van der Waals surface area contributed by atoms with E-state index in [-0.39, 0.29) is 25.3 Å². The Labute approximate surface area is 207 Å². The van der Waals surface area contributed by atoms with Gasteiger partial charge in [0, 0.05) is 6.54 Å². The van der Waals surface area contributed by atoms with Gasteiger partial charge in [-0.3, -0.25) is 29.0 Å². The third-order valence-corrected chi connectivity index (χ3v) is 5.10. The maximum atomic E-state index is 12.9. The van der Waals surface area contributed by atoms with E-state index in [1.165, 1.54) is 0 Å². The summed E-state index contributed by atoms with van der Waals surface area (Å²) in [6.45, 7) is 3.34. The first-order chi connectivity index (χ1) is 16.7. The zero-order valence-electron chi connectivity index (χ0n) is 20.1. The molecule has 0 aliphatic carbocycles. The molecule has 0 saturated carbocycles. The minimum Gasteiger partial charge on any atom is -0.481 e. The molecule has 0 aliphatic rings. The molecule has 16 heteroatoms. The van der Waals surface area contributed by atoms with Gasteiger partial charge in [-0.2, -0.15) is 0 Å². The van der Waals surface area contributed by atoms with E-state index in [0.717, 1.165) is 0 Å². The molecule has 0 aromatic carbocycles. The summed E-state index contributed by atoms with van der Waals surface area (Å²) < 4.78 is 0. The Morgan fingerprint density at radius 3 is 1.83 bits per heavy atom. The Kier molecular flexibility index (Phi) is 14.1. The van der Waals surface area contributed by atoms with E-state index in [9.17, 15) is 39.0 Å². The highest BCUT2D eigenvalue weighted by Crippen LogP contribution is 2.09. The third-order valence-electron chi connectivity index (χ3n) is 5.10. The van der Waals surface area contributed by atoms with Crippen molar-refractivity contribution in [3.05, 3.63) is 0 Å². The SMILES string of the molecule is CCC(C)C(NC(=O)C(CC(=O)O)NC(=O)C(CCCN=C(N)N)NC(=O)C(N)CC(=O)O)C(=O)O. The molecule has 0 fully saturated rings. The van der Waals surface area contributed by atoms with Crippen LogP contribution in [0.4, 0.5) is 0 Å². The number of guanidine groups is 1. The first kappa shape index (κ1) is 32.0. The van der Waals surface area contributed by atoms with Gasteiger partial charge in [-0.25, -0.2) is 4.79 Å². The highest BCUT2D eigenvalue weighted by atomic mass is 16.4. The Bertz CT molecular complexity index is 845. The molecule has 0 radical (unpaired) electrons. The molecule has 0 saturated heterocycles. The number of hydrogen-bond acceptors (Lipinski definition) is 8. The van der Waals surface area contributed by atoms with Crippen LogP contribution in [0.5, 0.6) is 0 Å². The normalized spacial score (nSPS) is 14.8. The monoisotopic (exact) mass is 517 g/mol. The number of carbonyl (C=O) groups excluding carboxylic acids is 3. The summed E-state index contributed by atoms with van der Waals surface area (Å²) >= 11 is 0. The molecule has 204 valence electrons. The zero-order chi connectivity index (χ0) is 28.0. The summed E-state index contributed by atoms with van der Waals surface area (Å²) in [5.74, 6) is -7.85. The van der Waals surface area contributed by atoms with E-state index in [2.05, 4.69) is 20.9 Å². The average molecular weight is 518 g/mol. The van der Waals surface area contributed by atoms with Crippen molar-refractivity contribution in [2.75, 3.05) is 6.54 Å². The fourth-order valence-electron chi connectivity index (χ4n) is 2.93. The second kappa shape index (κ2) is 15.9. The maximum Gasteiger partial charge on any atom is 0.326 e. The van der Waals surface area contributed by atoms with E-state index in [1.807, 2.05) is 0 Å². The summed E-state index contributed by atoms with van der Waals surface area (Å²) in [5.41, 5.74) is 16.0. The molecule has 5 atom stereocenters. The van der Waals surface area contributed by atoms with Gasteiger partial charge in [-0.1, -0.05) is 20.3 Å². The van der Waals surface area contributed by atoms with Crippen molar-refractivity contribution < 1.29 is 44.1 Å². The predicted molar refractivity (Wildman–Crippen MR) is 125 cm³/mol. The van der Waals surface area contributed by atoms with E-state index < -0.39 is 78.6 Å². The summed E-state index contributed by atoms with van der Waals surface area (Å²) in [6, 6.07) is -5.86. The van der Waals surface area contributed by atoms with Gasteiger partial charge in [0.25, 0.3) is 0 Å². The summed E-state index contributed by atoms with van der Waals surface area (Å²) in [6.07, 6.45) is -1.12. The molecule has 0 rings (SSSR count). The molecular formula is C20H35N7O9. The molecule has 0 aromatic rings. The van der Waals surface area contributed by atoms with Crippen LogP contribution in [0.15, 0.2) is 4.99 Å². The lowest BCUT2D eigenvalue weighted by Crippen LogP contribution is -2.58. The average Bonchev–Trinajstić information content (AvgIpc) is 2.76. The molecule has 3 amide bonds. The number of carboxylic acids is 3. The first-order valence-electron chi connectivity index (χ1n) is 11.1. The van der Waals surface area contributed by atoms with Gasteiger partial charge < -0.3 is 48.5 Å². The number of nitrogens with zero attached hydrogens (tertiary/aromatic N) is 1. The predicted octanol–water partition coefficient (Wildman–Crippen LogP) is -3.10. The Morgan fingerprint density at radius 1 is 0.833 bits per heavy atom. The van der Waals surface area contributed by atoms with Crippen LogP contribution in [0.1, 0.15) is 46.0 Å². The lowest BCUT2D eigenvalue weighted by atomic mass is 9.98. The Morgan fingerprint density at radius 2 is 1.36 bits per heavy atom. The van der Waals surface area contributed by atoms with Gasteiger partial charge in [0.15, 0.2) is 5.96 Å². The number of hydrogen-bond donors (Lipinski definition) is 9. The van der Waals surface area contributed by atoms with E-state index in [4.69, 9.17) is 22.3 Å². The Balaban J connectivity index is 5.69. The van der Waals surface area contributed by atoms with E-state index in [1.54, 1.807) is 13.8 Å². The number of nitrogens with two attached hydrogens (primary N) is 3. The van der Waals surface area contributed by atoms with Crippen LogP contribution in [-0.4, -0.2) is 87.6 Å². The van der Waals surface area contributed by atoms with Gasteiger partial charge in [0.05, 0.1) is 18.9 Å². The lowest BCUT2D eigenvalue weighted by molar-refractivity contribution is -0.144. The van der Waals surface area contributed by atoms with Crippen LogP contribution in [0.25, 0.3) is 0 Å². The fraction of sp³-hybridized carbons (Fsp3) is 0.650. The molecule has 16 nitrogen and oxygen atoms in total. The van der Waals surface area contributed by atoms with Crippen LogP contribution in [0.3, 0.4) is 0 Å².